The third-order valence-electron chi connectivity index (χ3n) is 5.59. The maximum atomic E-state index is 14.0. The fourth-order valence-corrected chi connectivity index (χ4v) is 3.91. The highest BCUT2D eigenvalue weighted by molar-refractivity contribution is 6.12. The highest BCUT2D eigenvalue weighted by Crippen LogP contribution is 2.32. The summed E-state index contributed by atoms with van der Waals surface area (Å²) in [6.45, 7) is 5.13. The van der Waals surface area contributed by atoms with Crippen molar-refractivity contribution in [3.63, 3.8) is 0 Å². The standard InChI is InChI=1S/C23H25FN6O2/c1-3-12-8-20(31)16(24)9-15(12)13-5-6-14(17(25)7-13)21(26)22-28-18-10-30(11-19(18)29-22)23(32)27-4-2/h5-9,26,31H,3-4,10-11,25H2,1-2H3,(H,27,32)(H,28,29). The average Bonchev–Trinajstić information content (AvgIpc) is 3.34. The van der Waals surface area contributed by atoms with Crippen molar-refractivity contribution in [2.45, 2.75) is 33.4 Å². The van der Waals surface area contributed by atoms with Gasteiger partial charge in [-0.1, -0.05) is 19.1 Å². The second-order valence-corrected chi connectivity index (χ2v) is 7.69. The van der Waals surface area contributed by atoms with Crippen molar-refractivity contribution in [3.8, 4) is 16.9 Å². The number of phenols is 1. The lowest BCUT2D eigenvalue weighted by Gasteiger charge is -2.15. The van der Waals surface area contributed by atoms with E-state index < -0.39 is 5.82 Å². The lowest BCUT2D eigenvalue weighted by atomic mass is 9.95. The van der Waals surface area contributed by atoms with Gasteiger partial charge in [-0.25, -0.2) is 14.2 Å². The number of nitrogens with one attached hydrogen (secondary N) is 3. The molecular weight excluding hydrogens is 411 g/mol. The van der Waals surface area contributed by atoms with Crippen molar-refractivity contribution >= 4 is 17.4 Å². The molecule has 2 heterocycles. The van der Waals surface area contributed by atoms with Crippen LogP contribution >= 0.6 is 0 Å². The first kappa shape index (κ1) is 21.4. The molecule has 0 bridgehead atoms. The zero-order valence-electron chi connectivity index (χ0n) is 17.9. The summed E-state index contributed by atoms with van der Waals surface area (Å²) in [5.74, 6) is -0.692. The number of halogens is 1. The Labute approximate surface area is 184 Å². The number of fused-ring (bicyclic) bond motifs is 1. The number of hydrogen-bond donors (Lipinski definition) is 5. The van der Waals surface area contributed by atoms with E-state index in [2.05, 4.69) is 15.3 Å². The van der Waals surface area contributed by atoms with Crippen LogP contribution in [0, 0.1) is 11.2 Å². The Morgan fingerprint density at radius 1 is 1.31 bits per heavy atom. The summed E-state index contributed by atoms with van der Waals surface area (Å²) >= 11 is 0. The van der Waals surface area contributed by atoms with E-state index in [4.69, 9.17) is 11.1 Å². The number of urea groups is 1. The van der Waals surface area contributed by atoms with Crippen LogP contribution in [0.15, 0.2) is 30.3 Å². The molecule has 32 heavy (non-hydrogen) atoms. The van der Waals surface area contributed by atoms with E-state index in [1.165, 1.54) is 12.1 Å². The Hall–Kier alpha value is -3.88. The van der Waals surface area contributed by atoms with Gasteiger partial charge in [-0.05, 0) is 48.2 Å². The number of benzene rings is 2. The number of hydrogen-bond acceptors (Lipinski definition) is 5. The fraction of sp³-hybridized carbons (Fsp3) is 0.261. The molecule has 6 N–H and O–H groups in total. The maximum Gasteiger partial charge on any atom is 0.318 e. The van der Waals surface area contributed by atoms with Gasteiger partial charge in [0.15, 0.2) is 17.4 Å². The van der Waals surface area contributed by atoms with Crippen LogP contribution in [0.1, 0.15) is 42.2 Å². The van der Waals surface area contributed by atoms with Crippen molar-refractivity contribution in [2.75, 3.05) is 12.3 Å². The molecule has 0 radical (unpaired) electrons. The lowest BCUT2D eigenvalue weighted by Crippen LogP contribution is -2.36. The monoisotopic (exact) mass is 436 g/mol. The van der Waals surface area contributed by atoms with Crippen molar-refractivity contribution in [3.05, 3.63) is 64.5 Å². The summed E-state index contributed by atoms with van der Waals surface area (Å²) in [5.41, 5.74) is 10.9. The number of nitrogen functional groups attached to an aromatic ring is 1. The number of carbonyl (C=O) groups excluding carboxylic acids is 1. The van der Waals surface area contributed by atoms with E-state index in [0.29, 0.717) is 54.3 Å². The molecule has 0 saturated carbocycles. The normalized spacial score (nSPS) is 12.7. The molecule has 1 aromatic heterocycles. The number of amides is 2. The predicted octanol–water partition coefficient (Wildman–Crippen LogP) is 3.53. The minimum absolute atomic E-state index is 0.139. The lowest BCUT2D eigenvalue weighted by molar-refractivity contribution is 0.198. The summed E-state index contributed by atoms with van der Waals surface area (Å²) < 4.78 is 14.0. The molecule has 0 atom stereocenters. The molecule has 0 spiro atoms. The molecule has 0 aliphatic carbocycles. The molecule has 0 saturated heterocycles. The number of nitrogens with two attached hydrogens (primary N) is 1. The highest BCUT2D eigenvalue weighted by atomic mass is 19.1. The van der Waals surface area contributed by atoms with Gasteiger partial charge in [0.25, 0.3) is 0 Å². The fourth-order valence-electron chi connectivity index (χ4n) is 3.91. The Bertz CT molecular complexity index is 1200. The Morgan fingerprint density at radius 2 is 2.09 bits per heavy atom. The SMILES string of the molecule is CCNC(=O)N1Cc2nc(C(=N)c3ccc(-c4cc(F)c(O)cc4CC)cc3N)[nH]c2C1. The van der Waals surface area contributed by atoms with Crippen molar-refractivity contribution < 1.29 is 14.3 Å². The maximum absolute atomic E-state index is 14.0. The predicted molar refractivity (Wildman–Crippen MR) is 120 cm³/mol. The van der Waals surface area contributed by atoms with Crippen LogP contribution in [0.25, 0.3) is 11.1 Å². The van der Waals surface area contributed by atoms with Crippen molar-refractivity contribution in [1.82, 2.24) is 20.2 Å². The van der Waals surface area contributed by atoms with Gasteiger partial charge < -0.3 is 26.0 Å². The van der Waals surface area contributed by atoms with Gasteiger partial charge in [0.05, 0.1) is 24.5 Å². The first-order valence-corrected chi connectivity index (χ1v) is 10.4. The van der Waals surface area contributed by atoms with Crippen LogP contribution in [0.3, 0.4) is 0 Å². The molecule has 9 heteroatoms. The first-order chi connectivity index (χ1) is 15.3. The Morgan fingerprint density at radius 3 is 2.75 bits per heavy atom. The van der Waals surface area contributed by atoms with E-state index >= 15 is 0 Å². The van der Waals surface area contributed by atoms with Crippen LogP contribution in [0.5, 0.6) is 5.75 Å². The third kappa shape index (κ3) is 3.77. The molecule has 2 amide bonds. The van der Waals surface area contributed by atoms with Crippen molar-refractivity contribution in [1.29, 1.82) is 5.41 Å². The van der Waals surface area contributed by atoms with Gasteiger partial charge in [0.2, 0.25) is 0 Å². The van der Waals surface area contributed by atoms with Crippen molar-refractivity contribution in [2.24, 2.45) is 0 Å². The van der Waals surface area contributed by atoms with E-state index in [-0.39, 0.29) is 17.5 Å². The quantitative estimate of drug-likeness (QED) is 0.309. The molecule has 3 aromatic rings. The number of imidazole rings is 1. The molecule has 1 aliphatic rings. The van der Waals surface area contributed by atoms with Crippen LogP contribution in [-0.2, 0) is 19.5 Å². The van der Waals surface area contributed by atoms with Gasteiger partial charge in [-0.15, -0.1) is 0 Å². The Balaban J connectivity index is 1.58. The van der Waals surface area contributed by atoms with Gasteiger partial charge in [0, 0.05) is 17.8 Å². The Kier molecular flexibility index (Phi) is 5.56. The number of rotatable bonds is 5. The van der Waals surface area contributed by atoms with E-state index in [1.54, 1.807) is 23.1 Å². The van der Waals surface area contributed by atoms with Gasteiger partial charge in [-0.2, -0.15) is 0 Å². The van der Waals surface area contributed by atoms with Crippen LogP contribution < -0.4 is 11.1 Å². The number of aromatic amines is 1. The summed E-state index contributed by atoms with van der Waals surface area (Å²) in [6.07, 6.45) is 0.617. The number of aromatic hydroxyl groups is 1. The number of anilines is 1. The van der Waals surface area contributed by atoms with Gasteiger partial charge >= 0.3 is 6.03 Å². The third-order valence-corrected chi connectivity index (χ3v) is 5.59. The minimum Gasteiger partial charge on any atom is -0.505 e. The van der Waals surface area contributed by atoms with Crippen LogP contribution in [0.4, 0.5) is 14.9 Å². The number of phenolic OH excluding ortho intramolecular Hbond substituents is 1. The number of nitrogens with zero attached hydrogens (tertiary/aromatic N) is 2. The topological polar surface area (TPSA) is 131 Å². The zero-order valence-corrected chi connectivity index (χ0v) is 17.9. The van der Waals surface area contributed by atoms with E-state index in [9.17, 15) is 14.3 Å². The number of carbonyl (C=O) groups is 1. The summed E-state index contributed by atoms with van der Waals surface area (Å²) in [6, 6.07) is 7.76. The van der Waals surface area contributed by atoms with Crippen LogP contribution in [-0.4, -0.2) is 38.3 Å². The molecule has 0 unspecified atom stereocenters. The molecule has 166 valence electrons. The second-order valence-electron chi connectivity index (χ2n) is 7.69. The molecule has 1 aliphatic heterocycles. The summed E-state index contributed by atoms with van der Waals surface area (Å²) in [4.78, 5) is 21.3. The summed E-state index contributed by atoms with van der Waals surface area (Å²) in [5, 5.41) is 21.0. The molecule has 4 rings (SSSR count). The first-order valence-electron chi connectivity index (χ1n) is 10.4. The second kappa shape index (κ2) is 8.33. The van der Waals surface area contributed by atoms with Gasteiger partial charge in [-0.3, -0.25) is 5.41 Å². The molecule has 8 nitrogen and oxygen atoms in total. The number of aryl methyl sites for hydroxylation is 1. The number of H-pyrrole nitrogens is 1. The summed E-state index contributed by atoms with van der Waals surface area (Å²) in [7, 11) is 0. The number of aromatic nitrogens is 2. The van der Waals surface area contributed by atoms with Gasteiger partial charge in [0.1, 0.15) is 5.71 Å². The zero-order chi connectivity index (χ0) is 23.0. The molecular formula is C23H25FN6O2. The largest absolute Gasteiger partial charge is 0.505 e. The van der Waals surface area contributed by atoms with E-state index in [1.807, 2.05) is 13.8 Å². The van der Waals surface area contributed by atoms with E-state index in [0.717, 1.165) is 17.0 Å². The van der Waals surface area contributed by atoms with Crippen LogP contribution in [0.2, 0.25) is 0 Å². The smallest absolute Gasteiger partial charge is 0.318 e. The average molecular weight is 436 g/mol. The minimum atomic E-state index is -0.695. The highest BCUT2D eigenvalue weighted by Gasteiger charge is 2.27. The molecule has 2 aromatic carbocycles. The molecule has 0 fully saturated rings.